The summed E-state index contributed by atoms with van der Waals surface area (Å²) in [6, 6.07) is 17.9. The van der Waals surface area contributed by atoms with Gasteiger partial charge in [0, 0.05) is 18.7 Å². The lowest BCUT2D eigenvalue weighted by Crippen LogP contribution is -2.42. The van der Waals surface area contributed by atoms with Crippen LogP contribution >= 0.6 is 0 Å². The van der Waals surface area contributed by atoms with E-state index in [4.69, 9.17) is 4.52 Å². The number of likely N-dealkylation sites (tertiary alicyclic amines) is 1. The summed E-state index contributed by atoms with van der Waals surface area (Å²) in [5.41, 5.74) is 3.30. The fourth-order valence-corrected chi connectivity index (χ4v) is 3.76. The molecule has 1 aromatic heterocycles. The molecule has 0 aliphatic carbocycles. The SMILES string of the molecule is Cc1ccccc1CNC(=O)C1CCCN(Cc2nc(-c3ccccc3)no2)C1. The number of nitrogens with one attached hydrogen (secondary N) is 1. The fourth-order valence-electron chi connectivity index (χ4n) is 3.76. The van der Waals surface area contributed by atoms with Crippen LogP contribution in [0.3, 0.4) is 0 Å². The van der Waals surface area contributed by atoms with Gasteiger partial charge in [0.25, 0.3) is 0 Å². The van der Waals surface area contributed by atoms with Crippen molar-refractivity contribution >= 4 is 5.91 Å². The first kappa shape index (κ1) is 19.3. The average molecular weight is 390 g/mol. The molecule has 1 saturated heterocycles. The predicted molar refractivity (Wildman–Crippen MR) is 111 cm³/mol. The molecule has 6 heteroatoms. The first-order valence-electron chi connectivity index (χ1n) is 10.1. The van der Waals surface area contributed by atoms with E-state index >= 15 is 0 Å². The van der Waals surface area contributed by atoms with E-state index in [2.05, 4.69) is 39.4 Å². The van der Waals surface area contributed by atoms with Gasteiger partial charge in [-0.2, -0.15) is 4.98 Å². The number of aryl methyl sites for hydroxylation is 1. The van der Waals surface area contributed by atoms with Crippen LogP contribution < -0.4 is 5.32 Å². The molecule has 3 aromatic rings. The van der Waals surface area contributed by atoms with Gasteiger partial charge in [-0.1, -0.05) is 59.8 Å². The lowest BCUT2D eigenvalue weighted by atomic mass is 9.97. The molecule has 1 atom stereocenters. The molecule has 2 heterocycles. The number of carbonyl (C=O) groups excluding carboxylic acids is 1. The molecular formula is C23H26N4O2. The number of hydrogen-bond acceptors (Lipinski definition) is 5. The summed E-state index contributed by atoms with van der Waals surface area (Å²) in [5, 5.41) is 7.19. The van der Waals surface area contributed by atoms with Gasteiger partial charge in [0.15, 0.2) is 0 Å². The molecule has 4 rings (SSSR count). The van der Waals surface area contributed by atoms with Crippen molar-refractivity contribution in [3.05, 3.63) is 71.6 Å². The average Bonchev–Trinajstić information content (AvgIpc) is 3.22. The number of piperidine rings is 1. The van der Waals surface area contributed by atoms with Gasteiger partial charge in [-0.15, -0.1) is 0 Å². The lowest BCUT2D eigenvalue weighted by molar-refractivity contribution is -0.127. The maximum Gasteiger partial charge on any atom is 0.241 e. The molecule has 0 spiro atoms. The number of hydrogen-bond donors (Lipinski definition) is 1. The van der Waals surface area contributed by atoms with Crippen molar-refractivity contribution in [2.24, 2.45) is 5.92 Å². The Morgan fingerprint density at radius 1 is 1.17 bits per heavy atom. The van der Waals surface area contributed by atoms with Crippen LogP contribution in [0.15, 0.2) is 59.1 Å². The topological polar surface area (TPSA) is 71.3 Å². The van der Waals surface area contributed by atoms with E-state index in [0.29, 0.717) is 31.3 Å². The Balaban J connectivity index is 1.32. The third kappa shape index (κ3) is 4.90. The lowest BCUT2D eigenvalue weighted by Gasteiger charge is -2.30. The Morgan fingerprint density at radius 2 is 1.97 bits per heavy atom. The Labute approximate surface area is 170 Å². The van der Waals surface area contributed by atoms with Crippen molar-refractivity contribution in [1.29, 1.82) is 0 Å². The van der Waals surface area contributed by atoms with Crippen LogP contribution in [-0.2, 0) is 17.9 Å². The first-order chi connectivity index (χ1) is 14.2. The molecule has 6 nitrogen and oxygen atoms in total. The van der Waals surface area contributed by atoms with Gasteiger partial charge in [0.2, 0.25) is 17.6 Å². The third-order valence-corrected chi connectivity index (χ3v) is 5.45. The summed E-state index contributed by atoms with van der Waals surface area (Å²) in [7, 11) is 0. The number of aromatic nitrogens is 2. The van der Waals surface area contributed by atoms with Crippen molar-refractivity contribution in [2.45, 2.75) is 32.9 Å². The standard InChI is InChI=1S/C23H26N4O2/c1-17-8-5-6-11-19(17)14-24-23(28)20-12-7-13-27(15-20)16-21-25-22(26-29-21)18-9-3-2-4-10-18/h2-6,8-11,20H,7,12-16H2,1H3,(H,24,28). The number of amides is 1. The molecule has 1 fully saturated rings. The second-order valence-corrected chi connectivity index (χ2v) is 7.60. The minimum Gasteiger partial charge on any atom is -0.352 e. The number of rotatable bonds is 6. The summed E-state index contributed by atoms with van der Waals surface area (Å²) in [6.45, 7) is 4.86. The highest BCUT2D eigenvalue weighted by molar-refractivity contribution is 5.79. The molecule has 1 aliphatic rings. The van der Waals surface area contributed by atoms with Crippen molar-refractivity contribution in [1.82, 2.24) is 20.4 Å². The first-order valence-corrected chi connectivity index (χ1v) is 10.1. The summed E-state index contributed by atoms with van der Waals surface area (Å²) in [4.78, 5) is 19.4. The van der Waals surface area contributed by atoms with E-state index in [9.17, 15) is 4.79 Å². The molecule has 1 aliphatic heterocycles. The van der Waals surface area contributed by atoms with E-state index in [-0.39, 0.29) is 11.8 Å². The van der Waals surface area contributed by atoms with Crippen LogP contribution in [0.1, 0.15) is 29.9 Å². The second-order valence-electron chi connectivity index (χ2n) is 7.60. The predicted octanol–water partition coefficient (Wildman–Crippen LogP) is 3.57. The summed E-state index contributed by atoms with van der Waals surface area (Å²) in [6.07, 6.45) is 1.90. The van der Waals surface area contributed by atoms with E-state index in [1.54, 1.807) is 0 Å². The van der Waals surface area contributed by atoms with Crippen molar-refractivity contribution in [3.63, 3.8) is 0 Å². The quantitative estimate of drug-likeness (QED) is 0.697. The second kappa shape index (κ2) is 9.01. The molecule has 2 aromatic carbocycles. The molecule has 150 valence electrons. The van der Waals surface area contributed by atoms with E-state index in [1.807, 2.05) is 42.5 Å². The maximum absolute atomic E-state index is 12.7. The molecule has 1 N–H and O–H groups in total. The van der Waals surface area contributed by atoms with Crippen molar-refractivity contribution in [3.8, 4) is 11.4 Å². The summed E-state index contributed by atoms with van der Waals surface area (Å²) >= 11 is 0. The van der Waals surface area contributed by atoms with Gasteiger partial charge in [0.1, 0.15) is 0 Å². The highest BCUT2D eigenvalue weighted by Crippen LogP contribution is 2.20. The molecular weight excluding hydrogens is 364 g/mol. The Kier molecular flexibility index (Phi) is 6.00. The van der Waals surface area contributed by atoms with Gasteiger partial charge >= 0.3 is 0 Å². The molecule has 0 radical (unpaired) electrons. The van der Waals surface area contributed by atoms with Crippen LogP contribution in [-0.4, -0.2) is 34.0 Å². The minimum atomic E-state index is -0.00992. The van der Waals surface area contributed by atoms with Gasteiger partial charge in [0.05, 0.1) is 12.5 Å². The van der Waals surface area contributed by atoms with Crippen molar-refractivity contribution < 1.29 is 9.32 Å². The zero-order chi connectivity index (χ0) is 20.1. The Hall–Kier alpha value is -2.99. The zero-order valence-corrected chi connectivity index (χ0v) is 16.7. The van der Waals surface area contributed by atoms with E-state index < -0.39 is 0 Å². The zero-order valence-electron chi connectivity index (χ0n) is 16.7. The largest absolute Gasteiger partial charge is 0.352 e. The van der Waals surface area contributed by atoms with Crippen LogP contribution in [0, 0.1) is 12.8 Å². The minimum absolute atomic E-state index is 0.00992. The van der Waals surface area contributed by atoms with E-state index in [1.165, 1.54) is 5.56 Å². The van der Waals surface area contributed by atoms with Crippen LogP contribution in [0.5, 0.6) is 0 Å². The fraction of sp³-hybridized carbons (Fsp3) is 0.348. The van der Waals surface area contributed by atoms with Crippen LogP contribution in [0.2, 0.25) is 0 Å². The normalized spacial score (nSPS) is 17.2. The monoisotopic (exact) mass is 390 g/mol. The smallest absolute Gasteiger partial charge is 0.241 e. The summed E-state index contributed by atoms with van der Waals surface area (Å²) < 4.78 is 5.43. The summed E-state index contributed by atoms with van der Waals surface area (Å²) in [5.74, 6) is 1.30. The van der Waals surface area contributed by atoms with Gasteiger partial charge in [-0.05, 0) is 37.4 Å². The van der Waals surface area contributed by atoms with Crippen LogP contribution in [0.4, 0.5) is 0 Å². The maximum atomic E-state index is 12.7. The van der Waals surface area contributed by atoms with Gasteiger partial charge in [-0.25, -0.2) is 0 Å². The Morgan fingerprint density at radius 3 is 2.79 bits per heavy atom. The third-order valence-electron chi connectivity index (χ3n) is 5.45. The molecule has 29 heavy (non-hydrogen) atoms. The number of benzene rings is 2. The molecule has 0 bridgehead atoms. The van der Waals surface area contributed by atoms with Crippen molar-refractivity contribution in [2.75, 3.05) is 13.1 Å². The van der Waals surface area contributed by atoms with Gasteiger partial charge in [-0.3, -0.25) is 9.69 Å². The molecule has 0 saturated carbocycles. The molecule has 1 unspecified atom stereocenters. The number of nitrogens with zero attached hydrogens (tertiary/aromatic N) is 3. The highest BCUT2D eigenvalue weighted by atomic mass is 16.5. The van der Waals surface area contributed by atoms with Gasteiger partial charge < -0.3 is 9.84 Å². The van der Waals surface area contributed by atoms with Crippen LogP contribution in [0.25, 0.3) is 11.4 Å². The van der Waals surface area contributed by atoms with E-state index in [0.717, 1.165) is 30.5 Å². The highest BCUT2D eigenvalue weighted by Gasteiger charge is 2.26. The Bertz CT molecular complexity index is 954. The molecule has 1 amide bonds. The number of carbonyl (C=O) groups is 1.